The van der Waals surface area contributed by atoms with Crippen LogP contribution in [0, 0.1) is 6.92 Å². The van der Waals surface area contributed by atoms with E-state index in [9.17, 15) is 8.42 Å². The van der Waals surface area contributed by atoms with Gasteiger partial charge in [-0.2, -0.15) is 0 Å². The molecule has 0 unspecified atom stereocenters. The van der Waals surface area contributed by atoms with Crippen molar-refractivity contribution in [1.29, 1.82) is 0 Å². The molecular formula is C12H9Br3N2O2S. The van der Waals surface area contributed by atoms with Gasteiger partial charge in [-0.1, -0.05) is 15.9 Å². The van der Waals surface area contributed by atoms with Crippen LogP contribution in [0.2, 0.25) is 0 Å². The van der Waals surface area contributed by atoms with E-state index in [4.69, 9.17) is 0 Å². The lowest BCUT2D eigenvalue weighted by molar-refractivity contribution is 0.600. The van der Waals surface area contributed by atoms with Crippen molar-refractivity contribution in [2.24, 2.45) is 0 Å². The third-order valence-electron chi connectivity index (χ3n) is 2.52. The molecule has 0 amide bonds. The van der Waals surface area contributed by atoms with Crippen molar-refractivity contribution in [3.8, 4) is 0 Å². The van der Waals surface area contributed by atoms with Gasteiger partial charge in [0.15, 0.2) is 0 Å². The molecule has 0 saturated heterocycles. The second kappa shape index (κ2) is 6.13. The first kappa shape index (κ1) is 15.9. The van der Waals surface area contributed by atoms with E-state index in [2.05, 4.69) is 57.5 Å². The van der Waals surface area contributed by atoms with Gasteiger partial charge in [0.1, 0.15) is 4.90 Å². The lowest BCUT2D eigenvalue weighted by Gasteiger charge is -2.12. The van der Waals surface area contributed by atoms with E-state index in [1.807, 2.05) is 6.92 Å². The van der Waals surface area contributed by atoms with Crippen LogP contribution < -0.4 is 4.72 Å². The van der Waals surface area contributed by atoms with Gasteiger partial charge in [0.25, 0.3) is 10.0 Å². The van der Waals surface area contributed by atoms with Crippen molar-refractivity contribution >= 4 is 63.5 Å². The molecule has 0 aliphatic rings. The zero-order valence-electron chi connectivity index (χ0n) is 10.2. The number of rotatable bonds is 3. The highest BCUT2D eigenvalue weighted by Crippen LogP contribution is 2.31. The van der Waals surface area contributed by atoms with E-state index >= 15 is 0 Å². The van der Waals surface area contributed by atoms with Gasteiger partial charge in [-0.25, -0.2) is 8.42 Å². The van der Waals surface area contributed by atoms with E-state index in [1.54, 1.807) is 18.2 Å². The molecule has 8 heteroatoms. The highest BCUT2D eigenvalue weighted by Gasteiger charge is 2.20. The number of sulfonamides is 1. The third kappa shape index (κ3) is 3.41. The predicted octanol–water partition coefficient (Wildman–Crippen LogP) is 4.48. The standard InChI is InChI=1S/C12H9Br3N2O2S/c1-7-4-9(14)12(5-8(7)13)20(18,19)17-11-2-3-16-6-10(11)15/h2-6H,1H3,(H,16,17). The Labute approximate surface area is 142 Å². The minimum Gasteiger partial charge on any atom is -0.278 e. The number of hydrogen-bond donors (Lipinski definition) is 1. The van der Waals surface area contributed by atoms with Crippen LogP contribution in [0.5, 0.6) is 0 Å². The summed E-state index contributed by atoms with van der Waals surface area (Å²) in [6.07, 6.45) is 3.04. The van der Waals surface area contributed by atoms with Gasteiger partial charge in [0.2, 0.25) is 0 Å². The first-order valence-electron chi connectivity index (χ1n) is 5.39. The topological polar surface area (TPSA) is 59.1 Å². The maximum absolute atomic E-state index is 12.4. The highest BCUT2D eigenvalue weighted by molar-refractivity contribution is 9.11. The molecule has 4 nitrogen and oxygen atoms in total. The van der Waals surface area contributed by atoms with Crippen LogP contribution in [-0.4, -0.2) is 13.4 Å². The second-order valence-corrected chi connectivity index (χ2v) is 8.21. The molecule has 0 saturated carbocycles. The molecule has 1 N–H and O–H groups in total. The maximum Gasteiger partial charge on any atom is 0.263 e. The normalized spacial score (nSPS) is 11.4. The minimum atomic E-state index is -3.69. The van der Waals surface area contributed by atoms with Gasteiger partial charge in [-0.05, 0) is 62.5 Å². The van der Waals surface area contributed by atoms with Gasteiger partial charge in [-0.15, -0.1) is 0 Å². The fourth-order valence-electron chi connectivity index (χ4n) is 1.49. The highest BCUT2D eigenvalue weighted by atomic mass is 79.9. The Morgan fingerprint density at radius 2 is 1.80 bits per heavy atom. The number of halogens is 3. The zero-order valence-corrected chi connectivity index (χ0v) is 15.8. The monoisotopic (exact) mass is 482 g/mol. The van der Waals surface area contributed by atoms with Crippen molar-refractivity contribution in [3.05, 3.63) is 49.6 Å². The van der Waals surface area contributed by atoms with Crippen LogP contribution in [0.15, 0.2) is 48.9 Å². The maximum atomic E-state index is 12.4. The Morgan fingerprint density at radius 3 is 2.45 bits per heavy atom. The number of nitrogens with zero attached hydrogens (tertiary/aromatic N) is 1. The molecule has 2 rings (SSSR count). The summed E-state index contributed by atoms with van der Waals surface area (Å²) < 4.78 is 29.2. The molecule has 2 aromatic rings. The summed E-state index contributed by atoms with van der Waals surface area (Å²) >= 11 is 9.88. The Balaban J connectivity index is 2.47. The molecule has 0 atom stereocenters. The molecule has 1 aromatic heterocycles. The average molecular weight is 485 g/mol. The van der Waals surface area contributed by atoms with Crippen LogP contribution >= 0.6 is 47.8 Å². The Hall–Kier alpha value is -0.440. The molecule has 0 radical (unpaired) electrons. The van der Waals surface area contributed by atoms with E-state index in [0.717, 1.165) is 10.0 Å². The largest absolute Gasteiger partial charge is 0.278 e. The van der Waals surface area contributed by atoms with Gasteiger partial charge >= 0.3 is 0 Å². The number of pyridine rings is 1. The minimum absolute atomic E-state index is 0.165. The van der Waals surface area contributed by atoms with Crippen molar-refractivity contribution in [1.82, 2.24) is 4.98 Å². The van der Waals surface area contributed by atoms with Crippen LogP contribution in [0.3, 0.4) is 0 Å². The first-order chi connectivity index (χ1) is 9.31. The van der Waals surface area contributed by atoms with Gasteiger partial charge in [0.05, 0.1) is 10.2 Å². The number of aryl methyl sites for hydroxylation is 1. The average Bonchev–Trinajstić information content (AvgIpc) is 2.36. The van der Waals surface area contributed by atoms with Crippen molar-refractivity contribution in [3.63, 3.8) is 0 Å². The Bertz CT molecular complexity index is 763. The quantitative estimate of drug-likeness (QED) is 0.699. The van der Waals surface area contributed by atoms with E-state index in [-0.39, 0.29) is 4.90 Å². The SMILES string of the molecule is Cc1cc(Br)c(S(=O)(=O)Nc2ccncc2Br)cc1Br. The molecule has 20 heavy (non-hydrogen) atoms. The number of anilines is 1. The first-order valence-corrected chi connectivity index (χ1v) is 9.25. The van der Waals surface area contributed by atoms with Gasteiger partial charge in [-0.3, -0.25) is 9.71 Å². The lowest BCUT2D eigenvalue weighted by Crippen LogP contribution is -2.14. The third-order valence-corrected chi connectivity index (χ3v) is 6.33. The summed E-state index contributed by atoms with van der Waals surface area (Å²) in [6, 6.07) is 4.90. The molecule has 0 aliphatic carbocycles. The summed E-state index contributed by atoms with van der Waals surface area (Å²) in [6.45, 7) is 1.89. The molecule has 0 bridgehead atoms. The zero-order chi connectivity index (χ0) is 14.9. The number of benzene rings is 1. The van der Waals surface area contributed by atoms with E-state index in [0.29, 0.717) is 14.6 Å². The number of aromatic nitrogens is 1. The predicted molar refractivity (Wildman–Crippen MR) is 89.3 cm³/mol. The van der Waals surface area contributed by atoms with Crippen LogP contribution in [0.25, 0.3) is 0 Å². The van der Waals surface area contributed by atoms with Crippen molar-refractivity contribution in [2.75, 3.05) is 4.72 Å². The summed E-state index contributed by atoms with van der Waals surface area (Å²) in [7, 11) is -3.69. The molecule has 0 aliphatic heterocycles. The second-order valence-electron chi connectivity index (χ2n) is 3.99. The molecular weight excluding hydrogens is 476 g/mol. The number of nitrogens with one attached hydrogen (secondary N) is 1. The molecule has 0 fully saturated rings. The van der Waals surface area contributed by atoms with Crippen LogP contribution in [0.1, 0.15) is 5.56 Å². The summed E-state index contributed by atoms with van der Waals surface area (Å²) in [4.78, 5) is 4.06. The molecule has 106 valence electrons. The van der Waals surface area contributed by atoms with Crippen LogP contribution in [0.4, 0.5) is 5.69 Å². The summed E-state index contributed by atoms with van der Waals surface area (Å²) in [5, 5.41) is 0. The van der Waals surface area contributed by atoms with Crippen molar-refractivity contribution in [2.45, 2.75) is 11.8 Å². The van der Waals surface area contributed by atoms with Crippen LogP contribution in [-0.2, 0) is 10.0 Å². The Morgan fingerprint density at radius 1 is 1.10 bits per heavy atom. The molecule has 1 heterocycles. The molecule has 0 spiro atoms. The summed E-state index contributed by atoms with van der Waals surface area (Å²) in [5.41, 5.74) is 1.38. The lowest BCUT2D eigenvalue weighted by atomic mass is 10.2. The van der Waals surface area contributed by atoms with E-state index in [1.165, 1.54) is 12.4 Å². The van der Waals surface area contributed by atoms with Gasteiger partial charge < -0.3 is 0 Å². The fourth-order valence-corrected chi connectivity index (χ4v) is 4.73. The van der Waals surface area contributed by atoms with Crippen molar-refractivity contribution < 1.29 is 8.42 Å². The molecule has 1 aromatic carbocycles. The van der Waals surface area contributed by atoms with Gasteiger partial charge in [0, 0.05) is 21.3 Å². The fraction of sp³-hybridized carbons (Fsp3) is 0.0833. The smallest absolute Gasteiger partial charge is 0.263 e. The van der Waals surface area contributed by atoms with E-state index < -0.39 is 10.0 Å². The summed E-state index contributed by atoms with van der Waals surface area (Å²) in [5.74, 6) is 0. The number of hydrogen-bond acceptors (Lipinski definition) is 3. The Kier molecular flexibility index (Phi) is 4.88.